The Hall–Kier alpha value is -1.55. The van der Waals surface area contributed by atoms with Crippen LogP contribution in [0.3, 0.4) is 0 Å². The summed E-state index contributed by atoms with van der Waals surface area (Å²) >= 11 is 1.44. The van der Waals surface area contributed by atoms with E-state index in [-0.39, 0.29) is 11.5 Å². The minimum atomic E-state index is -0.422. The largest absolute Gasteiger partial charge is 0.396 e. The third-order valence-corrected chi connectivity index (χ3v) is 3.33. The van der Waals surface area contributed by atoms with E-state index in [0.29, 0.717) is 5.75 Å². The van der Waals surface area contributed by atoms with Gasteiger partial charge in [-0.3, -0.25) is 0 Å². The molecule has 0 fully saturated rings. The molecule has 2 aromatic rings. The van der Waals surface area contributed by atoms with Crippen molar-refractivity contribution in [2.75, 3.05) is 5.73 Å². The van der Waals surface area contributed by atoms with Crippen molar-refractivity contribution >= 4 is 17.4 Å². The fourth-order valence-electron chi connectivity index (χ4n) is 1.39. The van der Waals surface area contributed by atoms with Gasteiger partial charge < -0.3 is 5.73 Å². The van der Waals surface area contributed by atoms with E-state index in [1.54, 1.807) is 12.1 Å². The SMILES string of the molecule is Nc1ccc(SCc2cccc(F)c2)cc1F. The van der Waals surface area contributed by atoms with Gasteiger partial charge in [0.1, 0.15) is 11.6 Å². The van der Waals surface area contributed by atoms with Gasteiger partial charge in [-0.05, 0) is 35.9 Å². The molecule has 1 nitrogen and oxygen atoms in total. The maximum atomic E-state index is 13.2. The summed E-state index contributed by atoms with van der Waals surface area (Å²) in [5.74, 6) is -0.0815. The van der Waals surface area contributed by atoms with Crippen LogP contribution in [0.2, 0.25) is 0 Å². The first-order valence-electron chi connectivity index (χ1n) is 5.07. The van der Waals surface area contributed by atoms with Crippen LogP contribution in [0.1, 0.15) is 5.56 Å². The predicted octanol–water partition coefficient (Wildman–Crippen LogP) is 3.84. The third kappa shape index (κ3) is 3.20. The number of hydrogen-bond acceptors (Lipinski definition) is 2. The first kappa shape index (κ1) is 11.9. The minimum absolute atomic E-state index is 0.139. The lowest BCUT2D eigenvalue weighted by Crippen LogP contribution is -1.90. The second kappa shape index (κ2) is 5.19. The van der Waals surface area contributed by atoms with E-state index in [9.17, 15) is 8.78 Å². The van der Waals surface area contributed by atoms with Crippen molar-refractivity contribution in [1.29, 1.82) is 0 Å². The predicted molar refractivity (Wildman–Crippen MR) is 66.8 cm³/mol. The summed E-state index contributed by atoms with van der Waals surface area (Å²) in [5, 5.41) is 0. The molecule has 0 aliphatic heterocycles. The molecule has 0 atom stereocenters. The van der Waals surface area contributed by atoms with Gasteiger partial charge in [0.2, 0.25) is 0 Å². The second-order valence-corrected chi connectivity index (χ2v) is 4.65. The monoisotopic (exact) mass is 251 g/mol. The summed E-state index contributed by atoms with van der Waals surface area (Å²) in [6.45, 7) is 0. The Balaban J connectivity index is 2.05. The van der Waals surface area contributed by atoms with Gasteiger partial charge in [0.05, 0.1) is 5.69 Å². The Morgan fingerprint density at radius 1 is 1.06 bits per heavy atom. The van der Waals surface area contributed by atoms with Crippen LogP contribution in [-0.2, 0) is 5.75 Å². The summed E-state index contributed by atoms with van der Waals surface area (Å²) in [6.07, 6.45) is 0. The Morgan fingerprint density at radius 3 is 2.59 bits per heavy atom. The van der Waals surface area contributed by atoms with Crippen LogP contribution in [0, 0.1) is 11.6 Å². The van der Waals surface area contributed by atoms with Crippen molar-refractivity contribution in [3.63, 3.8) is 0 Å². The van der Waals surface area contributed by atoms with Gasteiger partial charge in [0.25, 0.3) is 0 Å². The number of halogens is 2. The Bertz CT molecular complexity index is 529. The summed E-state index contributed by atoms with van der Waals surface area (Å²) in [4.78, 5) is 0.779. The van der Waals surface area contributed by atoms with Gasteiger partial charge in [0.15, 0.2) is 0 Å². The fourth-order valence-corrected chi connectivity index (χ4v) is 2.26. The van der Waals surface area contributed by atoms with E-state index in [1.165, 1.54) is 36.0 Å². The number of thioether (sulfide) groups is 1. The summed E-state index contributed by atoms with van der Waals surface area (Å²) in [5.41, 5.74) is 6.39. The van der Waals surface area contributed by atoms with Crippen LogP contribution in [0.25, 0.3) is 0 Å². The van der Waals surface area contributed by atoms with Crippen molar-refractivity contribution in [3.8, 4) is 0 Å². The molecule has 0 bridgehead atoms. The van der Waals surface area contributed by atoms with Gasteiger partial charge in [0, 0.05) is 10.6 Å². The summed E-state index contributed by atoms with van der Waals surface area (Å²) < 4.78 is 26.1. The molecule has 4 heteroatoms. The van der Waals surface area contributed by atoms with Crippen LogP contribution < -0.4 is 5.73 Å². The topological polar surface area (TPSA) is 26.0 Å². The molecule has 2 N–H and O–H groups in total. The molecule has 88 valence electrons. The summed E-state index contributed by atoms with van der Waals surface area (Å²) in [6, 6.07) is 11.0. The molecular formula is C13H11F2NS. The van der Waals surface area contributed by atoms with Crippen molar-refractivity contribution in [3.05, 3.63) is 59.7 Å². The Kier molecular flexibility index (Phi) is 3.64. The van der Waals surface area contributed by atoms with Crippen LogP contribution in [-0.4, -0.2) is 0 Å². The molecule has 0 spiro atoms. The average molecular weight is 251 g/mol. The Morgan fingerprint density at radius 2 is 1.88 bits per heavy atom. The molecular weight excluding hydrogens is 240 g/mol. The van der Waals surface area contributed by atoms with E-state index < -0.39 is 5.82 Å². The van der Waals surface area contributed by atoms with E-state index in [0.717, 1.165) is 10.5 Å². The van der Waals surface area contributed by atoms with Crippen molar-refractivity contribution in [2.45, 2.75) is 10.6 Å². The second-order valence-electron chi connectivity index (χ2n) is 3.60. The van der Waals surface area contributed by atoms with Crippen molar-refractivity contribution in [2.24, 2.45) is 0 Å². The standard InChI is InChI=1S/C13H11F2NS/c14-10-3-1-2-9(6-10)8-17-11-4-5-13(16)12(15)7-11/h1-7H,8,16H2. The quantitative estimate of drug-likeness (QED) is 0.662. The molecule has 0 unspecified atom stereocenters. The highest BCUT2D eigenvalue weighted by Gasteiger charge is 2.02. The number of hydrogen-bond donors (Lipinski definition) is 1. The van der Waals surface area contributed by atoms with Gasteiger partial charge in [-0.1, -0.05) is 12.1 Å². The highest BCUT2D eigenvalue weighted by atomic mass is 32.2. The number of benzene rings is 2. The van der Waals surface area contributed by atoms with E-state index in [4.69, 9.17) is 5.73 Å². The van der Waals surface area contributed by atoms with E-state index >= 15 is 0 Å². The Labute approximate surface area is 103 Å². The molecule has 17 heavy (non-hydrogen) atoms. The van der Waals surface area contributed by atoms with Gasteiger partial charge in [-0.15, -0.1) is 11.8 Å². The number of nitrogen functional groups attached to an aromatic ring is 1. The zero-order chi connectivity index (χ0) is 12.3. The van der Waals surface area contributed by atoms with Gasteiger partial charge in [-0.25, -0.2) is 8.78 Å². The van der Waals surface area contributed by atoms with Gasteiger partial charge >= 0.3 is 0 Å². The molecule has 0 aliphatic carbocycles. The van der Waals surface area contributed by atoms with Crippen LogP contribution in [0.15, 0.2) is 47.4 Å². The van der Waals surface area contributed by atoms with Crippen LogP contribution in [0.4, 0.5) is 14.5 Å². The highest BCUT2D eigenvalue weighted by molar-refractivity contribution is 7.98. The molecule has 0 aromatic heterocycles. The normalized spacial score (nSPS) is 10.5. The first-order valence-corrected chi connectivity index (χ1v) is 6.06. The number of rotatable bonds is 3. The lowest BCUT2D eigenvalue weighted by Gasteiger charge is -2.03. The maximum Gasteiger partial charge on any atom is 0.147 e. The molecule has 2 aromatic carbocycles. The molecule has 2 rings (SSSR count). The maximum absolute atomic E-state index is 13.2. The zero-order valence-corrected chi connectivity index (χ0v) is 9.81. The lowest BCUT2D eigenvalue weighted by atomic mass is 10.2. The van der Waals surface area contributed by atoms with Crippen LogP contribution in [0.5, 0.6) is 0 Å². The lowest BCUT2D eigenvalue weighted by molar-refractivity contribution is 0.626. The van der Waals surface area contributed by atoms with Crippen LogP contribution >= 0.6 is 11.8 Å². The smallest absolute Gasteiger partial charge is 0.147 e. The average Bonchev–Trinajstić information content (AvgIpc) is 2.31. The van der Waals surface area contributed by atoms with E-state index in [2.05, 4.69) is 0 Å². The van der Waals surface area contributed by atoms with E-state index in [1.807, 2.05) is 6.07 Å². The highest BCUT2D eigenvalue weighted by Crippen LogP contribution is 2.25. The fraction of sp³-hybridized carbons (Fsp3) is 0.0769. The number of nitrogens with two attached hydrogens (primary N) is 1. The summed E-state index contributed by atoms with van der Waals surface area (Å²) in [7, 11) is 0. The molecule has 0 saturated carbocycles. The molecule has 0 aliphatic rings. The van der Waals surface area contributed by atoms with Crippen molar-refractivity contribution < 1.29 is 8.78 Å². The molecule has 0 heterocycles. The molecule has 0 radical (unpaired) electrons. The molecule has 0 amide bonds. The number of anilines is 1. The minimum Gasteiger partial charge on any atom is -0.396 e. The van der Waals surface area contributed by atoms with Crippen molar-refractivity contribution in [1.82, 2.24) is 0 Å². The third-order valence-electron chi connectivity index (χ3n) is 2.27. The zero-order valence-electron chi connectivity index (χ0n) is 8.99. The van der Waals surface area contributed by atoms with Gasteiger partial charge in [-0.2, -0.15) is 0 Å². The molecule has 0 saturated heterocycles. The first-order chi connectivity index (χ1) is 8.15.